The molecule has 1 unspecified atom stereocenters. The lowest BCUT2D eigenvalue weighted by Gasteiger charge is -2.13. The molecule has 1 heterocycles. The summed E-state index contributed by atoms with van der Waals surface area (Å²) in [6, 6.07) is 5.75. The summed E-state index contributed by atoms with van der Waals surface area (Å²) in [5.41, 5.74) is 8.04. The van der Waals surface area contributed by atoms with Crippen LogP contribution in [0, 0.1) is 0 Å². The maximum Gasteiger partial charge on any atom is 0.419 e. The van der Waals surface area contributed by atoms with Crippen molar-refractivity contribution in [1.29, 1.82) is 0 Å². The third-order valence-corrected chi connectivity index (χ3v) is 2.80. The van der Waals surface area contributed by atoms with E-state index >= 15 is 0 Å². The maximum absolute atomic E-state index is 11.3. The van der Waals surface area contributed by atoms with Gasteiger partial charge in [0.2, 0.25) is 0 Å². The number of hydrogen-bond acceptors (Lipinski definition) is 4. The number of benzene rings is 1. The van der Waals surface area contributed by atoms with Gasteiger partial charge in [0.1, 0.15) is 0 Å². The number of nitrogens with two attached hydrogens (primary N) is 1. The van der Waals surface area contributed by atoms with Crippen molar-refractivity contribution in [2.45, 2.75) is 6.04 Å². The van der Waals surface area contributed by atoms with Gasteiger partial charge in [-0.15, -0.1) is 0 Å². The van der Waals surface area contributed by atoms with Crippen LogP contribution in [0.4, 0.5) is 0 Å². The van der Waals surface area contributed by atoms with E-state index in [1.54, 1.807) is 7.05 Å². The van der Waals surface area contributed by atoms with E-state index in [0.29, 0.717) is 12.1 Å². The average molecular weight is 221 g/mol. The van der Waals surface area contributed by atoms with Gasteiger partial charge < -0.3 is 15.5 Å². The Morgan fingerprint density at radius 2 is 2.31 bits per heavy atom. The zero-order valence-electron chi connectivity index (χ0n) is 9.36. The lowest BCUT2D eigenvalue weighted by atomic mass is 10.1. The van der Waals surface area contributed by atoms with Crippen LogP contribution in [-0.2, 0) is 7.05 Å². The number of aryl methyl sites for hydroxylation is 1. The highest BCUT2D eigenvalue weighted by atomic mass is 16.4. The number of aromatic nitrogens is 1. The van der Waals surface area contributed by atoms with E-state index in [1.165, 1.54) is 4.57 Å². The zero-order valence-corrected chi connectivity index (χ0v) is 9.36. The Morgan fingerprint density at radius 1 is 1.56 bits per heavy atom. The van der Waals surface area contributed by atoms with Crippen LogP contribution in [0.5, 0.6) is 0 Å². The van der Waals surface area contributed by atoms with Gasteiger partial charge in [-0.25, -0.2) is 4.79 Å². The molecular weight excluding hydrogens is 206 g/mol. The molecule has 0 radical (unpaired) electrons. The molecule has 3 N–H and O–H groups in total. The molecule has 0 fully saturated rings. The summed E-state index contributed by atoms with van der Waals surface area (Å²) < 4.78 is 6.60. The Morgan fingerprint density at radius 3 is 2.94 bits per heavy atom. The van der Waals surface area contributed by atoms with Crippen LogP contribution in [0.2, 0.25) is 0 Å². The summed E-state index contributed by atoms with van der Waals surface area (Å²) >= 11 is 0. The van der Waals surface area contributed by atoms with Crippen molar-refractivity contribution in [3.05, 3.63) is 34.3 Å². The number of oxazole rings is 1. The first-order valence-electron chi connectivity index (χ1n) is 5.14. The predicted molar refractivity (Wildman–Crippen MR) is 62.3 cm³/mol. The van der Waals surface area contributed by atoms with E-state index in [9.17, 15) is 4.79 Å². The van der Waals surface area contributed by atoms with Crippen molar-refractivity contribution < 1.29 is 4.42 Å². The molecule has 0 amide bonds. The summed E-state index contributed by atoms with van der Waals surface area (Å²) in [4.78, 5) is 11.3. The van der Waals surface area contributed by atoms with Gasteiger partial charge in [-0.1, -0.05) is 6.07 Å². The third-order valence-electron chi connectivity index (χ3n) is 2.80. The smallest absolute Gasteiger partial charge is 0.408 e. The minimum atomic E-state index is -0.346. The average Bonchev–Trinajstić information content (AvgIpc) is 2.56. The van der Waals surface area contributed by atoms with Gasteiger partial charge in [0.15, 0.2) is 5.58 Å². The van der Waals surface area contributed by atoms with Gasteiger partial charge in [-0.3, -0.25) is 4.57 Å². The van der Waals surface area contributed by atoms with Crippen LogP contribution in [-0.4, -0.2) is 18.2 Å². The minimum absolute atomic E-state index is 0.0786. The molecule has 0 saturated heterocycles. The Kier molecular flexibility index (Phi) is 2.80. The molecule has 0 bridgehead atoms. The quantitative estimate of drug-likeness (QED) is 0.784. The van der Waals surface area contributed by atoms with Crippen LogP contribution in [0.25, 0.3) is 11.1 Å². The molecule has 5 nitrogen and oxygen atoms in total. The summed E-state index contributed by atoms with van der Waals surface area (Å²) in [7, 11) is 3.54. The first kappa shape index (κ1) is 10.9. The molecule has 0 aliphatic carbocycles. The highest BCUT2D eigenvalue weighted by molar-refractivity contribution is 5.73. The van der Waals surface area contributed by atoms with Crippen molar-refractivity contribution >= 4 is 11.1 Å². The molecule has 2 rings (SSSR count). The topological polar surface area (TPSA) is 73.2 Å². The van der Waals surface area contributed by atoms with Crippen molar-refractivity contribution in [1.82, 2.24) is 9.88 Å². The fourth-order valence-electron chi connectivity index (χ4n) is 1.79. The van der Waals surface area contributed by atoms with Gasteiger partial charge in [-0.2, -0.15) is 0 Å². The molecule has 0 saturated carbocycles. The molecule has 0 spiro atoms. The van der Waals surface area contributed by atoms with Crippen molar-refractivity contribution in [2.24, 2.45) is 12.8 Å². The Hall–Kier alpha value is -1.59. The van der Waals surface area contributed by atoms with Crippen LogP contribution in [0.15, 0.2) is 27.4 Å². The van der Waals surface area contributed by atoms with E-state index in [2.05, 4.69) is 5.32 Å². The molecule has 86 valence electrons. The first-order chi connectivity index (χ1) is 7.67. The highest BCUT2D eigenvalue weighted by Gasteiger charge is 2.11. The third kappa shape index (κ3) is 1.64. The lowest BCUT2D eigenvalue weighted by Crippen LogP contribution is -2.24. The molecule has 1 atom stereocenters. The number of likely N-dealkylation sites (N-methyl/N-ethyl adjacent to an activating group) is 1. The number of fused-ring (bicyclic) bond motifs is 1. The van der Waals surface area contributed by atoms with E-state index in [0.717, 1.165) is 11.1 Å². The van der Waals surface area contributed by atoms with Gasteiger partial charge in [0, 0.05) is 19.6 Å². The second-order valence-electron chi connectivity index (χ2n) is 3.73. The van der Waals surface area contributed by atoms with E-state index < -0.39 is 0 Å². The normalized spacial score (nSPS) is 13.2. The van der Waals surface area contributed by atoms with Gasteiger partial charge >= 0.3 is 5.76 Å². The van der Waals surface area contributed by atoms with Crippen LogP contribution < -0.4 is 16.8 Å². The van der Waals surface area contributed by atoms with E-state index in [1.807, 2.05) is 25.2 Å². The molecule has 16 heavy (non-hydrogen) atoms. The first-order valence-corrected chi connectivity index (χ1v) is 5.14. The largest absolute Gasteiger partial charge is 0.419 e. The fourth-order valence-corrected chi connectivity index (χ4v) is 1.79. The lowest BCUT2D eigenvalue weighted by molar-refractivity contribution is 0.526. The second kappa shape index (κ2) is 4.11. The number of rotatable bonds is 3. The van der Waals surface area contributed by atoms with Crippen LogP contribution in [0.3, 0.4) is 0 Å². The molecule has 0 aliphatic rings. The van der Waals surface area contributed by atoms with Crippen molar-refractivity contribution in [2.75, 3.05) is 13.6 Å². The van der Waals surface area contributed by atoms with Crippen LogP contribution in [0.1, 0.15) is 11.6 Å². The standard InChI is InChI=1S/C11H15N3O2/c1-13-8(6-12)7-3-4-9-10(5-7)16-11(15)14(9)2/h3-5,8,13H,6,12H2,1-2H3. The summed E-state index contributed by atoms with van der Waals surface area (Å²) in [5, 5.41) is 3.10. The zero-order chi connectivity index (χ0) is 11.7. The Balaban J connectivity index is 2.56. The Labute approximate surface area is 92.8 Å². The van der Waals surface area contributed by atoms with Gasteiger partial charge in [0.25, 0.3) is 0 Å². The summed E-state index contributed by atoms with van der Waals surface area (Å²) in [6.07, 6.45) is 0. The van der Waals surface area contributed by atoms with E-state index in [4.69, 9.17) is 10.2 Å². The number of hydrogen-bond donors (Lipinski definition) is 2. The summed E-state index contributed by atoms with van der Waals surface area (Å²) in [5.74, 6) is -0.346. The molecule has 1 aromatic carbocycles. The maximum atomic E-state index is 11.3. The second-order valence-corrected chi connectivity index (χ2v) is 3.73. The molecular formula is C11H15N3O2. The highest BCUT2D eigenvalue weighted by Crippen LogP contribution is 2.18. The monoisotopic (exact) mass is 221 g/mol. The van der Waals surface area contributed by atoms with Crippen molar-refractivity contribution in [3.8, 4) is 0 Å². The van der Waals surface area contributed by atoms with Crippen molar-refractivity contribution in [3.63, 3.8) is 0 Å². The SMILES string of the molecule is CNC(CN)c1ccc2c(c1)oc(=O)n2C. The molecule has 2 aromatic rings. The Bertz CT molecular complexity index is 552. The molecule has 5 heteroatoms. The van der Waals surface area contributed by atoms with Gasteiger partial charge in [0.05, 0.1) is 5.52 Å². The number of nitrogens with zero attached hydrogens (tertiary/aromatic N) is 1. The predicted octanol–water partition coefficient (Wildman–Crippen LogP) is 0.351. The molecule has 1 aromatic heterocycles. The molecule has 0 aliphatic heterocycles. The number of nitrogens with one attached hydrogen (secondary N) is 1. The minimum Gasteiger partial charge on any atom is -0.408 e. The van der Waals surface area contributed by atoms with Gasteiger partial charge in [-0.05, 0) is 24.7 Å². The van der Waals surface area contributed by atoms with Crippen LogP contribution >= 0.6 is 0 Å². The fraction of sp³-hybridized carbons (Fsp3) is 0.364. The summed E-state index contributed by atoms with van der Waals surface area (Å²) in [6.45, 7) is 0.499. The van der Waals surface area contributed by atoms with E-state index in [-0.39, 0.29) is 11.8 Å².